The molecule has 0 unspecified atom stereocenters. The van der Waals surface area contributed by atoms with Gasteiger partial charge in [0, 0.05) is 13.0 Å². The van der Waals surface area contributed by atoms with Gasteiger partial charge in [0.2, 0.25) is 5.91 Å². The average Bonchev–Trinajstić information content (AvgIpc) is 2.79. The Morgan fingerprint density at radius 2 is 2.10 bits per heavy atom. The lowest BCUT2D eigenvalue weighted by atomic mass is 10.3. The van der Waals surface area contributed by atoms with Crippen molar-refractivity contribution in [2.45, 2.75) is 25.9 Å². The lowest BCUT2D eigenvalue weighted by molar-refractivity contribution is -0.144. The molecule has 112 valence electrons. The number of nitrogens with one attached hydrogen (secondary N) is 1. The van der Waals surface area contributed by atoms with Crippen molar-refractivity contribution >= 4 is 23.0 Å². The Balaban J connectivity index is 2.02. The van der Waals surface area contributed by atoms with Gasteiger partial charge in [-0.1, -0.05) is 12.1 Å². The molecule has 1 atom stereocenters. The Morgan fingerprint density at radius 1 is 1.38 bits per heavy atom. The average molecular weight is 292 g/mol. The van der Waals surface area contributed by atoms with E-state index in [1.165, 1.54) is 18.6 Å². The van der Waals surface area contributed by atoms with Crippen LogP contribution in [0.25, 0.3) is 11.1 Å². The van der Waals surface area contributed by atoms with Crippen molar-refractivity contribution in [3.05, 3.63) is 34.8 Å². The Bertz CT molecular complexity index is 715. The monoisotopic (exact) mass is 292 g/mol. The highest BCUT2D eigenvalue weighted by Crippen LogP contribution is 2.11. The number of fused-ring (bicyclic) bond motifs is 1. The standard InChI is InChI=1S/C14H16N2O5/c1-9(13(18)20-2)15-12(17)7-8-16-10-5-3-4-6-11(10)21-14(16)19/h3-6,9H,7-8H2,1-2H3,(H,15,17)/t9-/m0/s1. The summed E-state index contributed by atoms with van der Waals surface area (Å²) in [6, 6.07) is 6.26. The van der Waals surface area contributed by atoms with Crippen molar-refractivity contribution in [1.82, 2.24) is 9.88 Å². The van der Waals surface area contributed by atoms with Gasteiger partial charge in [0.05, 0.1) is 12.6 Å². The third-order valence-electron chi connectivity index (χ3n) is 3.07. The fraction of sp³-hybridized carbons (Fsp3) is 0.357. The van der Waals surface area contributed by atoms with Crippen LogP contribution in [0.2, 0.25) is 0 Å². The number of esters is 1. The molecule has 1 N–H and O–H groups in total. The largest absolute Gasteiger partial charge is 0.467 e. The Labute approximate surface area is 120 Å². The summed E-state index contributed by atoms with van der Waals surface area (Å²) >= 11 is 0. The van der Waals surface area contributed by atoms with E-state index in [0.717, 1.165) is 0 Å². The van der Waals surface area contributed by atoms with Gasteiger partial charge in [0.15, 0.2) is 5.58 Å². The van der Waals surface area contributed by atoms with E-state index in [-0.39, 0.29) is 18.9 Å². The minimum atomic E-state index is -0.722. The van der Waals surface area contributed by atoms with Crippen LogP contribution in [0.5, 0.6) is 0 Å². The number of carbonyl (C=O) groups excluding carboxylic acids is 2. The molecule has 2 rings (SSSR count). The number of amides is 1. The highest BCUT2D eigenvalue weighted by molar-refractivity contribution is 5.84. The molecule has 0 radical (unpaired) electrons. The molecule has 21 heavy (non-hydrogen) atoms. The van der Waals surface area contributed by atoms with Crippen LogP contribution < -0.4 is 11.1 Å². The Kier molecular flexibility index (Phi) is 4.42. The van der Waals surface area contributed by atoms with E-state index in [2.05, 4.69) is 10.1 Å². The maximum atomic E-state index is 11.8. The summed E-state index contributed by atoms with van der Waals surface area (Å²) in [5.74, 6) is -1.37. The molecule has 0 bridgehead atoms. The molecule has 7 heteroatoms. The van der Waals surface area contributed by atoms with E-state index in [9.17, 15) is 14.4 Å². The highest BCUT2D eigenvalue weighted by Gasteiger charge is 2.16. The van der Waals surface area contributed by atoms with Gasteiger partial charge in [-0.25, -0.2) is 9.59 Å². The number of para-hydroxylation sites is 2. The zero-order chi connectivity index (χ0) is 15.4. The number of hydrogen-bond donors (Lipinski definition) is 1. The van der Waals surface area contributed by atoms with Crippen LogP contribution >= 0.6 is 0 Å². The molecule has 1 heterocycles. The minimum absolute atomic E-state index is 0.0603. The van der Waals surface area contributed by atoms with E-state index in [1.807, 2.05) is 0 Å². The number of hydrogen-bond acceptors (Lipinski definition) is 5. The molecule has 1 amide bonds. The lowest BCUT2D eigenvalue weighted by Crippen LogP contribution is -2.39. The SMILES string of the molecule is COC(=O)[C@H](C)NC(=O)CCn1c(=O)oc2ccccc21. The van der Waals surface area contributed by atoms with Crippen LogP contribution in [-0.2, 0) is 20.9 Å². The van der Waals surface area contributed by atoms with Crippen LogP contribution in [0.15, 0.2) is 33.5 Å². The van der Waals surface area contributed by atoms with E-state index < -0.39 is 17.8 Å². The second kappa shape index (κ2) is 6.25. The number of benzene rings is 1. The first-order valence-electron chi connectivity index (χ1n) is 6.48. The first-order chi connectivity index (χ1) is 10.0. The van der Waals surface area contributed by atoms with Crippen LogP contribution in [0.4, 0.5) is 0 Å². The topological polar surface area (TPSA) is 90.5 Å². The van der Waals surface area contributed by atoms with E-state index in [1.54, 1.807) is 24.3 Å². The summed E-state index contributed by atoms with van der Waals surface area (Å²) in [6.07, 6.45) is 0.0603. The van der Waals surface area contributed by atoms with Gasteiger partial charge in [-0.3, -0.25) is 9.36 Å². The molecule has 0 saturated heterocycles. The van der Waals surface area contributed by atoms with Crippen molar-refractivity contribution in [2.24, 2.45) is 0 Å². The van der Waals surface area contributed by atoms with Crippen molar-refractivity contribution in [3.8, 4) is 0 Å². The molecule has 0 fully saturated rings. The second-order valence-electron chi connectivity index (χ2n) is 4.55. The van der Waals surface area contributed by atoms with Gasteiger partial charge in [0.25, 0.3) is 0 Å². The van der Waals surface area contributed by atoms with Gasteiger partial charge in [0.1, 0.15) is 6.04 Å². The normalized spacial score (nSPS) is 12.1. The Morgan fingerprint density at radius 3 is 2.81 bits per heavy atom. The highest BCUT2D eigenvalue weighted by atomic mass is 16.5. The third-order valence-corrected chi connectivity index (χ3v) is 3.07. The number of nitrogens with zero attached hydrogens (tertiary/aromatic N) is 1. The van der Waals surface area contributed by atoms with Crippen molar-refractivity contribution < 1.29 is 18.7 Å². The third kappa shape index (κ3) is 3.31. The van der Waals surface area contributed by atoms with E-state index >= 15 is 0 Å². The van der Waals surface area contributed by atoms with Gasteiger partial charge >= 0.3 is 11.7 Å². The number of methoxy groups -OCH3 is 1. The summed E-state index contributed by atoms with van der Waals surface area (Å²) in [5, 5.41) is 2.50. The Hall–Kier alpha value is -2.57. The predicted molar refractivity (Wildman–Crippen MR) is 74.7 cm³/mol. The number of aromatic nitrogens is 1. The van der Waals surface area contributed by atoms with Crippen LogP contribution in [0, 0.1) is 0 Å². The molecule has 0 aliphatic carbocycles. The summed E-state index contributed by atoms with van der Waals surface area (Å²) in [5.41, 5.74) is 1.11. The number of aryl methyl sites for hydroxylation is 1. The zero-order valence-corrected chi connectivity index (χ0v) is 11.8. The van der Waals surface area contributed by atoms with Crippen LogP contribution in [0.3, 0.4) is 0 Å². The molecule has 1 aromatic carbocycles. The summed E-state index contributed by atoms with van der Waals surface area (Å²) in [4.78, 5) is 34.7. The quantitative estimate of drug-likeness (QED) is 0.818. The zero-order valence-electron chi connectivity index (χ0n) is 11.8. The molecule has 7 nitrogen and oxygen atoms in total. The number of ether oxygens (including phenoxy) is 1. The molecule has 0 saturated carbocycles. The molecule has 2 aromatic rings. The minimum Gasteiger partial charge on any atom is -0.467 e. The van der Waals surface area contributed by atoms with Crippen molar-refractivity contribution in [1.29, 1.82) is 0 Å². The maximum Gasteiger partial charge on any atom is 0.419 e. The fourth-order valence-corrected chi connectivity index (χ4v) is 1.99. The molecule has 0 aliphatic rings. The van der Waals surface area contributed by atoms with Crippen LogP contribution in [-0.4, -0.2) is 29.6 Å². The molecule has 0 spiro atoms. The molecular weight excluding hydrogens is 276 g/mol. The maximum absolute atomic E-state index is 11.8. The van der Waals surface area contributed by atoms with E-state index in [4.69, 9.17) is 4.42 Å². The smallest absolute Gasteiger partial charge is 0.419 e. The summed E-state index contributed by atoms with van der Waals surface area (Å²) in [7, 11) is 1.25. The van der Waals surface area contributed by atoms with E-state index in [0.29, 0.717) is 11.1 Å². The first-order valence-corrected chi connectivity index (χ1v) is 6.48. The molecule has 1 aromatic heterocycles. The lowest BCUT2D eigenvalue weighted by Gasteiger charge is -2.11. The summed E-state index contributed by atoms with van der Waals surface area (Å²) in [6.45, 7) is 1.71. The fourth-order valence-electron chi connectivity index (χ4n) is 1.99. The predicted octanol–water partition coefficient (Wildman–Crippen LogP) is 0.662. The number of carbonyl (C=O) groups is 2. The van der Waals surface area contributed by atoms with Gasteiger partial charge in [-0.05, 0) is 19.1 Å². The van der Waals surface area contributed by atoms with Crippen molar-refractivity contribution in [2.75, 3.05) is 7.11 Å². The van der Waals surface area contributed by atoms with Crippen molar-refractivity contribution in [3.63, 3.8) is 0 Å². The first kappa shape index (κ1) is 14.8. The van der Waals surface area contributed by atoms with Gasteiger partial charge in [-0.15, -0.1) is 0 Å². The molecule has 0 aliphatic heterocycles. The molecular formula is C14H16N2O5. The second-order valence-corrected chi connectivity index (χ2v) is 4.55. The van der Waals surface area contributed by atoms with Crippen LogP contribution in [0.1, 0.15) is 13.3 Å². The number of oxazole rings is 1. The summed E-state index contributed by atoms with van der Waals surface area (Å²) < 4.78 is 11.0. The van der Waals surface area contributed by atoms with Gasteiger partial charge in [-0.2, -0.15) is 0 Å². The van der Waals surface area contributed by atoms with Gasteiger partial charge < -0.3 is 14.5 Å². The number of rotatable bonds is 5.